The van der Waals surface area contributed by atoms with E-state index in [1.54, 1.807) is 7.11 Å². The predicted molar refractivity (Wildman–Crippen MR) is 81.1 cm³/mol. The van der Waals surface area contributed by atoms with Gasteiger partial charge in [0, 0.05) is 13.7 Å². The van der Waals surface area contributed by atoms with Gasteiger partial charge in [-0.2, -0.15) is 0 Å². The molecule has 1 aromatic rings. The Labute approximate surface area is 126 Å². The molecule has 1 amide bonds. The van der Waals surface area contributed by atoms with Crippen LogP contribution in [-0.4, -0.2) is 39.1 Å². The number of amides is 1. The molecule has 5 nitrogen and oxygen atoms in total. The van der Waals surface area contributed by atoms with E-state index < -0.39 is 6.09 Å². The first-order valence-electron chi connectivity index (χ1n) is 7.20. The fourth-order valence-electron chi connectivity index (χ4n) is 2.12. The van der Waals surface area contributed by atoms with E-state index in [9.17, 15) is 4.79 Å². The highest BCUT2D eigenvalue weighted by molar-refractivity contribution is 5.67. The molecule has 0 aliphatic rings. The highest BCUT2D eigenvalue weighted by atomic mass is 16.5. The summed E-state index contributed by atoms with van der Waals surface area (Å²) in [7, 11) is 3.00. The van der Waals surface area contributed by atoms with Crippen LogP contribution in [0.15, 0.2) is 30.3 Å². The minimum absolute atomic E-state index is 0.0808. The third kappa shape index (κ3) is 6.60. The summed E-state index contributed by atoms with van der Waals surface area (Å²) in [5.41, 5.74) is 1.14. The van der Waals surface area contributed by atoms with Gasteiger partial charge >= 0.3 is 6.09 Å². The van der Waals surface area contributed by atoms with E-state index in [1.165, 1.54) is 7.11 Å². The molecule has 1 rings (SSSR count). The Morgan fingerprint density at radius 1 is 1.24 bits per heavy atom. The first-order chi connectivity index (χ1) is 10.2. The number of hydrogen-bond acceptors (Lipinski definition) is 4. The average molecular weight is 295 g/mol. The Hall–Kier alpha value is -1.59. The quantitative estimate of drug-likeness (QED) is 0.712. The SMILES string of the molecule is CC[C@H](NC(=O)OC)[C@@H](CCOCc1ccccc1)OC. The summed E-state index contributed by atoms with van der Waals surface area (Å²) in [5, 5.41) is 2.78. The molecule has 0 saturated carbocycles. The number of rotatable bonds is 9. The molecule has 0 radical (unpaired) electrons. The lowest BCUT2D eigenvalue weighted by molar-refractivity contribution is 0.0244. The molecule has 0 fully saturated rings. The Morgan fingerprint density at radius 3 is 2.52 bits per heavy atom. The van der Waals surface area contributed by atoms with Crippen LogP contribution in [0.4, 0.5) is 4.79 Å². The summed E-state index contributed by atoms with van der Waals surface area (Å²) in [4.78, 5) is 11.3. The smallest absolute Gasteiger partial charge is 0.407 e. The van der Waals surface area contributed by atoms with Crippen LogP contribution < -0.4 is 5.32 Å². The number of alkyl carbamates (subject to hydrolysis) is 1. The summed E-state index contributed by atoms with van der Waals surface area (Å²) < 4.78 is 15.7. The van der Waals surface area contributed by atoms with Crippen LogP contribution in [0.3, 0.4) is 0 Å². The van der Waals surface area contributed by atoms with Crippen molar-refractivity contribution in [2.24, 2.45) is 0 Å². The number of carbonyl (C=O) groups is 1. The van der Waals surface area contributed by atoms with Crippen LogP contribution in [0.1, 0.15) is 25.3 Å². The van der Waals surface area contributed by atoms with Crippen LogP contribution >= 0.6 is 0 Å². The number of nitrogens with one attached hydrogen (secondary N) is 1. The van der Waals surface area contributed by atoms with Crippen molar-refractivity contribution in [1.82, 2.24) is 5.32 Å². The Kier molecular flexibility index (Phi) is 8.47. The van der Waals surface area contributed by atoms with E-state index in [1.807, 2.05) is 37.3 Å². The van der Waals surface area contributed by atoms with Gasteiger partial charge in [-0.15, -0.1) is 0 Å². The van der Waals surface area contributed by atoms with Gasteiger partial charge in [0.05, 0.1) is 25.9 Å². The van der Waals surface area contributed by atoms with Crippen molar-refractivity contribution in [3.8, 4) is 0 Å². The maximum atomic E-state index is 11.3. The van der Waals surface area contributed by atoms with Crippen LogP contribution in [-0.2, 0) is 20.8 Å². The van der Waals surface area contributed by atoms with E-state index in [4.69, 9.17) is 9.47 Å². The van der Waals surface area contributed by atoms with Gasteiger partial charge in [0.2, 0.25) is 0 Å². The summed E-state index contributed by atoms with van der Waals surface area (Å²) >= 11 is 0. The highest BCUT2D eigenvalue weighted by Crippen LogP contribution is 2.09. The van der Waals surface area contributed by atoms with E-state index in [-0.39, 0.29) is 12.1 Å². The van der Waals surface area contributed by atoms with Crippen molar-refractivity contribution in [2.45, 2.75) is 38.5 Å². The second-order valence-corrected chi connectivity index (χ2v) is 4.75. The lowest BCUT2D eigenvalue weighted by atomic mass is 10.1. The van der Waals surface area contributed by atoms with Gasteiger partial charge in [0.15, 0.2) is 0 Å². The zero-order chi connectivity index (χ0) is 15.5. The van der Waals surface area contributed by atoms with Gasteiger partial charge in [0.1, 0.15) is 0 Å². The zero-order valence-electron chi connectivity index (χ0n) is 13.0. The fourth-order valence-corrected chi connectivity index (χ4v) is 2.12. The zero-order valence-corrected chi connectivity index (χ0v) is 13.0. The third-order valence-electron chi connectivity index (χ3n) is 3.34. The summed E-state index contributed by atoms with van der Waals surface area (Å²) in [6.07, 6.45) is 0.956. The normalized spacial score (nSPS) is 13.5. The molecule has 5 heteroatoms. The largest absolute Gasteiger partial charge is 0.453 e. The molecule has 0 aromatic heterocycles. The number of hydrogen-bond donors (Lipinski definition) is 1. The van der Waals surface area contributed by atoms with Crippen molar-refractivity contribution in [1.29, 1.82) is 0 Å². The topological polar surface area (TPSA) is 56.8 Å². The lowest BCUT2D eigenvalue weighted by Gasteiger charge is -2.25. The maximum absolute atomic E-state index is 11.3. The monoisotopic (exact) mass is 295 g/mol. The summed E-state index contributed by atoms with van der Waals surface area (Å²) in [5.74, 6) is 0. The second kappa shape index (κ2) is 10.2. The van der Waals surface area contributed by atoms with Gasteiger partial charge in [-0.3, -0.25) is 0 Å². The molecule has 1 aromatic carbocycles. The van der Waals surface area contributed by atoms with Crippen molar-refractivity contribution >= 4 is 6.09 Å². The summed E-state index contributed by atoms with van der Waals surface area (Å²) in [6.45, 7) is 3.16. The van der Waals surface area contributed by atoms with Gasteiger partial charge in [-0.25, -0.2) is 4.79 Å². The molecule has 0 spiro atoms. The number of ether oxygens (including phenoxy) is 3. The molecule has 0 saturated heterocycles. The standard InChI is InChI=1S/C16H25NO4/c1-4-14(17-16(18)20-3)15(19-2)10-11-21-12-13-8-6-5-7-9-13/h5-9,14-15H,4,10-12H2,1-3H3,(H,17,18)/t14-,15+/m0/s1. The number of methoxy groups -OCH3 is 2. The Morgan fingerprint density at radius 2 is 1.95 bits per heavy atom. The minimum Gasteiger partial charge on any atom is -0.453 e. The lowest BCUT2D eigenvalue weighted by Crippen LogP contribution is -2.44. The van der Waals surface area contributed by atoms with E-state index in [2.05, 4.69) is 10.1 Å². The molecule has 0 heterocycles. The molecule has 21 heavy (non-hydrogen) atoms. The Balaban J connectivity index is 2.33. The van der Waals surface area contributed by atoms with E-state index in [0.29, 0.717) is 19.6 Å². The molecular weight excluding hydrogens is 270 g/mol. The molecule has 0 aliphatic carbocycles. The second-order valence-electron chi connectivity index (χ2n) is 4.75. The summed E-state index contributed by atoms with van der Waals surface area (Å²) in [6, 6.07) is 9.94. The molecule has 2 atom stereocenters. The molecule has 1 N–H and O–H groups in total. The Bertz CT molecular complexity index is 397. The van der Waals surface area contributed by atoms with Crippen LogP contribution in [0, 0.1) is 0 Å². The number of carbonyl (C=O) groups excluding carboxylic acids is 1. The van der Waals surface area contributed by atoms with Crippen molar-refractivity contribution in [3.63, 3.8) is 0 Å². The van der Waals surface area contributed by atoms with Crippen LogP contribution in [0.25, 0.3) is 0 Å². The highest BCUT2D eigenvalue weighted by Gasteiger charge is 2.21. The van der Waals surface area contributed by atoms with E-state index in [0.717, 1.165) is 12.0 Å². The van der Waals surface area contributed by atoms with Crippen LogP contribution in [0.2, 0.25) is 0 Å². The first-order valence-corrected chi connectivity index (χ1v) is 7.20. The van der Waals surface area contributed by atoms with Gasteiger partial charge in [0.25, 0.3) is 0 Å². The molecule has 118 valence electrons. The van der Waals surface area contributed by atoms with Crippen molar-refractivity contribution in [3.05, 3.63) is 35.9 Å². The minimum atomic E-state index is -0.436. The van der Waals surface area contributed by atoms with Gasteiger partial charge < -0.3 is 19.5 Å². The molecular formula is C16H25NO4. The first kappa shape index (κ1) is 17.5. The van der Waals surface area contributed by atoms with Crippen molar-refractivity contribution in [2.75, 3.05) is 20.8 Å². The number of benzene rings is 1. The van der Waals surface area contributed by atoms with E-state index >= 15 is 0 Å². The average Bonchev–Trinajstić information content (AvgIpc) is 2.54. The molecule has 0 aliphatic heterocycles. The predicted octanol–water partition coefficient (Wildman–Crippen LogP) is 2.74. The van der Waals surface area contributed by atoms with Gasteiger partial charge in [-0.05, 0) is 18.4 Å². The van der Waals surface area contributed by atoms with Crippen molar-refractivity contribution < 1.29 is 19.0 Å². The third-order valence-corrected chi connectivity index (χ3v) is 3.34. The van der Waals surface area contributed by atoms with Gasteiger partial charge in [-0.1, -0.05) is 37.3 Å². The maximum Gasteiger partial charge on any atom is 0.407 e. The molecule has 0 unspecified atom stereocenters. The fraction of sp³-hybridized carbons (Fsp3) is 0.562. The molecule has 0 bridgehead atoms. The van der Waals surface area contributed by atoms with Crippen LogP contribution in [0.5, 0.6) is 0 Å².